The van der Waals surface area contributed by atoms with Gasteiger partial charge in [-0.05, 0) is 31.5 Å². The third kappa shape index (κ3) is 2.91. The maximum atomic E-state index is 9.27. The Kier molecular flexibility index (Phi) is 4.04. The van der Waals surface area contributed by atoms with Crippen LogP contribution >= 0.6 is 15.9 Å². The molecule has 0 aliphatic rings. The summed E-state index contributed by atoms with van der Waals surface area (Å²) < 4.78 is 0.987. The average molecular weight is 310 g/mol. The summed E-state index contributed by atoms with van der Waals surface area (Å²) in [6, 6.07) is 5.88. The number of rotatable bonds is 4. The predicted molar refractivity (Wildman–Crippen MR) is 78.6 cm³/mol. The van der Waals surface area contributed by atoms with Crippen LogP contribution in [-0.4, -0.2) is 22.7 Å². The van der Waals surface area contributed by atoms with Crippen molar-refractivity contribution in [2.75, 3.05) is 17.6 Å². The van der Waals surface area contributed by atoms with Crippen LogP contribution in [0, 0.1) is 0 Å². The highest BCUT2D eigenvalue weighted by Crippen LogP contribution is 2.29. The molecule has 0 saturated heterocycles. The van der Waals surface area contributed by atoms with Gasteiger partial charge in [-0.3, -0.25) is 4.98 Å². The van der Waals surface area contributed by atoms with Gasteiger partial charge in [-0.2, -0.15) is 0 Å². The third-order valence-electron chi connectivity index (χ3n) is 2.72. The number of aromatic nitrogens is 1. The number of aliphatic hydroxyl groups is 1. The van der Waals surface area contributed by atoms with Crippen LogP contribution in [0.25, 0.3) is 10.9 Å². The van der Waals surface area contributed by atoms with Crippen LogP contribution in [0.3, 0.4) is 0 Å². The van der Waals surface area contributed by atoms with Gasteiger partial charge in [0.05, 0.1) is 29.2 Å². The molecular weight excluding hydrogens is 294 g/mol. The SMILES string of the molecule is CC(O)CCNc1c(N)cnc2ccc(Br)cc12. The maximum Gasteiger partial charge on any atom is 0.0743 e. The molecule has 96 valence electrons. The van der Waals surface area contributed by atoms with Crippen molar-refractivity contribution in [3.8, 4) is 0 Å². The fourth-order valence-electron chi connectivity index (χ4n) is 1.78. The van der Waals surface area contributed by atoms with E-state index < -0.39 is 0 Å². The molecule has 0 bridgehead atoms. The molecule has 2 aromatic rings. The molecule has 0 amide bonds. The monoisotopic (exact) mass is 309 g/mol. The van der Waals surface area contributed by atoms with E-state index in [1.807, 2.05) is 18.2 Å². The summed E-state index contributed by atoms with van der Waals surface area (Å²) in [6.07, 6.45) is 2.01. The Morgan fingerprint density at radius 2 is 2.28 bits per heavy atom. The number of pyridine rings is 1. The molecule has 1 aromatic heterocycles. The van der Waals surface area contributed by atoms with E-state index in [9.17, 15) is 5.11 Å². The molecule has 4 nitrogen and oxygen atoms in total. The number of fused-ring (bicyclic) bond motifs is 1. The Morgan fingerprint density at radius 1 is 1.50 bits per heavy atom. The number of nitrogens with two attached hydrogens (primary N) is 1. The fraction of sp³-hybridized carbons (Fsp3) is 0.308. The summed E-state index contributed by atoms with van der Waals surface area (Å²) in [5, 5.41) is 13.5. The average Bonchev–Trinajstić information content (AvgIpc) is 2.31. The number of anilines is 2. The lowest BCUT2D eigenvalue weighted by Crippen LogP contribution is -2.11. The van der Waals surface area contributed by atoms with Crippen LogP contribution in [0.15, 0.2) is 28.9 Å². The van der Waals surface area contributed by atoms with Crippen molar-refractivity contribution in [2.24, 2.45) is 0 Å². The molecule has 4 N–H and O–H groups in total. The molecule has 0 spiro atoms. The molecule has 0 aliphatic carbocycles. The molecule has 0 radical (unpaired) electrons. The van der Waals surface area contributed by atoms with E-state index in [1.54, 1.807) is 13.1 Å². The minimum absolute atomic E-state index is 0.321. The topological polar surface area (TPSA) is 71.2 Å². The molecule has 0 aliphatic heterocycles. The van der Waals surface area contributed by atoms with Gasteiger partial charge in [-0.25, -0.2) is 0 Å². The van der Waals surface area contributed by atoms with Crippen molar-refractivity contribution in [1.82, 2.24) is 4.98 Å². The highest BCUT2D eigenvalue weighted by Gasteiger charge is 2.07. The van der Waals surface area contributed by atoms with E-state index in [0.29, 0.717) is 18.7 Å². The maximum absolute atomic E-state index is 9.27. The summed E-state index contributed by atoms with van der Waals surface area (Å²) in [4.78, 5) is 4.29. The lowest BCUT2D eigenvalue weighted by molar-refractivity contribution is 0.189. The fourth-order valence-corrected chi connectivity index (χ4v) is 2.14. The number of aliphatic hydroxyl groups excluding tert-OH is 1. The second-order valence-corrected chi connectivity index (χ2v) is 5.23. The van der Waals surface area contributed by atoms with Gasteiger partial charge in [-0.15, -0.1) is 0 Å². The Morgan fingerprint density at radius 3 is 3.00 bits per heavy atom. The molecule has 1 heterocycles. The predicted octanol–water partition coefficient (Wildman–Crippen LogP) is 2.76. The summed E-state index contributed by atoms with van der Waals surface area (Å²) in [7, 11) is 0. The summed E-state index contributed by atoms with van der Waals surface area (Å²) in [5.41, 5.74) is 8.34. The standard InChI is InChI=1S/C13H16BrN3O/c1-8(18)4-5-16-13-10-6-9(14)2-3-12(10)17-7-11(13)15/h2-3,6-8,18H,4-5,15H2,1H3,(H,16,17). The van der Waals surface area contributed by atoms with E-state index in [2.05, 4.69) is 26.2 Å². The zero-order chi connectivity index (χ0) is 13.1. The van der Waals surface area contributed by atoms with Gasteiger partial charge in [0.25, 0.3) is 0 Å². The van der Waals surface area contributed by atoms with Crippen LogP contribution in [0.1, 0.15) is 13.3 Å². The van der Waals surface area contributed by atoms with Gasteiger partial charge in [0.2, 0.25) is 0 Å². The summed E-state index contributed by atoms with van der Waals surface area (Å²) in [6.45, 7) is 2.44. The number of nitrogen functional groups attached to an aromatic ring is 1. The van der Waals surface area contributed by atoms with Gasteiger partial charge in [-0.1, -0.05) is 15.9 Å². The van der Waals surface area contributed by atoms with Crippen molar-refractivity contribution in [2.45, 2.75) is 19.4 Å². The molecule has 1 aromatic carbocycles. The van der Waals surface area contributed by atoms with Gasteiger partial charge in [0, 0.05) is 16.4 Å². The largest absolute Gasteiger partial charge is 0.396 e. The van der Waals surface area contributed by atoms with E-state index >= 15 is 0 Å². The lowest BCUT2D eigenvalue weighted by atomic mass is 10.1. The first kappa shape index (κ1) is 13.1. The molecule has 0 fully saturated rings. The van der Waals surface area contributed by atoms with Crippen LogP contribution in [0.4, 0.5) is 11.4 Å². The third-order valence-corrected chi connectivity index (χ3v) is 3.22. The Labute approximate surface area is 114 Å². The minimum Gasteiger partial charge on any atom is -0.396 e. The van der Waals surface area contributed by atoms with Crippen molar-refractivity contribution in [3.05, 3.63) is 28.9 Å². The molecule has 1 atom stereocenters. The number of halogens is 1. The van der Waals surface area contributed by atoms with E-state index in [4.69, 9.17) is 5.73 Å². The van der Waals surface area contributed by atoms with Crippen LogP contribution < -0.4 is 11.1 Å². The van der Waals surface area contributed by atoms with Crippen molar-refractivity contribution in [3.63, 3.8) is 0 Å². The van der Waals surface area contributed by atoms with Crippen molar-refractivity contribution >= 4 is 38.2 Å². The molecule has 1 unspecified atom stereocenters. The van der Waals surface area contributed by atoms with Gasteiger partial charge < -0.3 is 16.2 Å². The normalized spacial score (nSPS) is 12.6. The second-order valence-electron chi connectivity index (χ2n) is 4.31. The summed E-state index contributed by atoms with van der Waals surface area (Å²) in [5.74, 6) is 0. The first-order valence-corrected chi connectivity index (χ1v) is 6.63. The molecule has 0 saturated carbocycles. The molecular formula is C13H16BrN3O. The van der Waals surface area contributed by atoms with Crippen molar-refractivity contribution < 1.29 is 5.11 Å². The van der Waals surface area contributed by atoms with Gasteiger partial charge in [0.15, 0.2) is 0 Å². The Bertz CT molecular complexity index is 552. The number of benzene rings is 1. The zero-order valence-electron chi connectivity index (χ0n) is 10.2. The number of nitrogens with zero attached hydrogens (tertiary/aromatic N) is 1. The van der Waals surface area contributed by atoms with Crippen molar-refractivity contribution in [1.29, 1.82) is 0 Å². The van der Waals surface area contributed by atoms with Crippen LogP contribution in [0.2, 0.25) is 0 Å². The van der Waals surface area contributed by atoms with Gasteiger partial charge in [0.1, 0.15) is 0 Å². The van der Waals surface area contributed by atoms with Crippen LogP contribution in [-0.2, 0) is 0 Å². The number of hydrogen-bond donors (Lipinski definition) is 3. The van der Waals surface area contributed by atoms with E-state index in [-0.39, 0.29) is 6.10 Å². The molecule has 18 heavy (non-hydrogen) atoms. The Balaban J connectivity index is 2.34. The van der Waals surface area contributed by atoms with Gasteiger partial charge >= 0.3 is 0 Å². The molecule has 2 rings (SSSR count). The highest BCUT2D eigenvalue weighted by atomic mass is 79.9. The minimum atomic E-state index is -0.321. The molecule has 5 heteroatoms. The lowest BCUT2D eigenvalue weighted by Gasteiger charge is -2.13. The highest BCUT2D eigenvalue weighted by molar-refractivity contribution is 9.10. The number of nitrogens with one attached hydrogen (secondary N) is 1. The zero-order valence-corrected chi connectivity index (χ0v) is 11.7. The summed E-state index contributed by atoms with van der Waals surface area (Å²) >= 11 is 3.45. The smallest absolute Gasteiger partial charge is 0.0743 e. The first-order chi connectivity index (χ1) is 8.58. The Hall–Kier alpha value is -1.33. The van der Waals surface area contributed by atoms with E-state index in [1.165, 1.54) is 0 Å². The van der Waals surface area contributed by atoms with E-state index in [0.717, 1.165) is 21.1 Å². The number of hydrogen-bond acceptors (Lipinski definition) is 4. The second kappa shape index (κ2) is 5.54. The van der Waals surface area contributed by atoms with Crippen LogP contribution in [0.5, 0.6) is 0 Å². The first-order valence-electron chi connectivity index (χ1n) is 5.83. The quantitative estimate of drug-likeness (QED) is 0.812.